The maximum absolute atomic E-state index is 6.21. The predicted molar refractivity (Wildman–Crippen MR) is 30.3 cm³/mol. The minimum absolute atomic E-state index is 1.14. The van der Waals surface area contributed by atoms with Crippen LogP contribution in [0.2, 0.25) is 0 Å². The van der Waals surface area contributed by atoms with Crippen molar-refractivity contribution in [1.29, 1.82) is 5.41 Å². The highest BCUT2D eigenvalue weighted by Crippen LogP contribution is 1.37. The zero-order valence-electron chi connectivity index (χ0n) is 4.36. The van der Waals surface area contributed by atoms with Gasteiger partial charge in [-0.2, -0.15) is 0 Å². The number of nitrogens with one attached hydrogen (secondary N) is 1. The van der Waals surface area contributed by atoms with E-state index in [1.165, 1.54) is 6.08 Å². The second-order valence-corrected chi connectivity index (χ2v) is 0.402. The predicted octanol–water partition coefficient (Wildman–Crippen LogP) is 1.85. The summed E-state index contributed by atoms with van der Waals surface area (Å²) in [5, 5.41) is 6.21. The maximum Gasteiger partial charge on any atom is 0.0171 e. The Labute approximate surface area is 39.2 Å². The summed E-state index contributed by atoms with van der Waals surface area (Å²) >= 11 is 0. The molecule has 0 amide bonds. The van der Waals surface area contributed by atoms with Gasteiger partial charge in [0.15, 0.2) is 0 Å². The third-order valence-electron chi connectivity index (χ3n) is 0.118. The summed E-state index contributed by atoms with van der Waals surface area (Å²) in [6.45, 7) is 7.24. The van der Waals surface area contributed by atoms with E-state index in [-0.39, 0.29) is 0 Å². The highest BCUT2D eigenvalue weighted by Gasteiger charge is 1.31. The van der Waals surface area contributed by atoms with Gasteiger partial charge < -0.3 is 5.41 Å². The lowest BCUT2D eigenvalue weighted by Crippen LogP contribution is -1.41. The van der Waals surface area contributed by atoms with Crippen LogP contribution in [-0.2, 0) is 0 Å². The van der Waals surface area contributed by atoms with E-state index in [1.807, 2.05) is 13.8 Å². The average molecular weight is 85.1 g/mol. The summed E-state index contributed by atoms with van der Waals surface area (Å²) in [4.78, 5) is 0. The monoisotopic (exact) mass is 85.1 g/mol. The lowest BCUT2D eigenvalue weighted by atomic mass is 10.7. The van der Waals surface area contributed by atoms with Crippen molar-refractivity contribution in [3.05, 3.63) is 12.7 Å². The van der Waals surface area contributed by atoms with Crippen molar-refractivity contribution in [1.82, 2.24) is 0 Å². The smallest absolute Gasteiger partial charge is 0.0171 e. The molecule has 0 heterocycles. The fourth-order valence-electron chi connectivity index (χ4n) is 0. The Bertz CT molecular complexity index is 24.9. The van der Waals surface area contributed by atoms with Crippen LogP contribution >= 0.6 is 0 Å². The summed E-state index contributed by atoms with van der Waals surface area (Å²) in [6.07, 6.45) is 2.56. The molecule has 0 rings (SSSR count). The number of allylic oxidation sites excluding steroid dienone is 1. The number of rotatable bonds is 1. The third-order valence-corrected chi connectivity index (χ3v) is 0.118. The summed E-state index contributed by atoms with van der Waals surface area (Å²) in [7, 11) is 0. The molecule has 0 radical (unpaired) electrons. The average Bonchev–Trinajstić information content (AvgIpc) is 1.72. The fourth-order valence-corrected chi connectivity index (χ4v) is 0. The van der Waals surface area contributed by atoms with Crippen molar-refractivity contribution in [2.24, 2.45) is 0 Å². The van der Waals surface area contributed by atoms with Gasteiger partial charge in [0.25, 0.3) is 0 Å². The first-order chi connectivity index (χ1) is 2.91. The summed E-state index contributed by atoms with van der Waals surface area (Å²) in [5.41, 5.74) is 0. The fraction of sp³-hybridized carbons (Fsp3) is 0.400. The summed E-state index contributed by atoms with van der Waals surface area (Å²) in [6, 6.07) is 0. The van der Waals surface area contributed by atoms with Crippen LogP contribution in [0.4, 0.5) is 0 Å². The van der Waals surface area contributed by atoms with E-state index < -0.39 is 0 Å². The molecule has 0 saturated carbocycles. The molecular weight excluding hydrogens is 74.1 g/mol. The van der Waals surface area contributed by atoms with Crippen LogP contribution in [-0.4, -0.2) is 6.21 Å². The Hall–Kier alpha value is -0.590. The second kappa shape index (κ2) is 25.8. The standard InChI is InChI=1S/C3H5N.C2H6/c1-2-3-4;1-2/h2-4H,1H2;1-2H3. The molecule has 6 heavy (non-hydrogen) atoms. The quantitative estimate of drug-likeness (QED) is 0.470. The van der Waals surface area contributed by atoms with Crippen LogP contribution in [0.5, 0.6) is 0 Å². The van der Waals surface area contributed by atoms with Gasteiger partial charge in [-0.3, -0.25) is 0 Å². The lowest BCUT2D eigenvalue weighted by molar-refractivity contribution is 1.50. The van der Waals surface area contributed by atoms with Gasteiger partial charge in [-0.1, -0.05) is 26.5 Å². The van der Waals surface area contributed by atoms with Crippen molar-refractivity contribution in [3.8, 4) is 0 Å². The van der Waals surface area contributed by atoms with E-state index in [0.717, 1.165) is 6.21 Å². The number of hydrogen-bond donors (Lipinski definition) is 1. The zero-order chi connectivity index (χ0) is 5.41. The Kier molecular flexibility index (Phi) is 38.9. The van der Waals surface area contributed by atoms with E-state index in [2.05, 4.69) is 6.58 Å². The molecule has 0 atom stereocenters. The summed E-state index contributed by atoms with van der Waals surface area (Å²) < 4.78 is 0. The molecule has 0 aromatic rings. The van der Waals surface area contributed by atoms with Crippen LogP contribution in [0.15, 0.2) is 12.7 Å². The van der Waals surface area contributed by atoms with Crippen LogP contribution in [0.1, 0.15) is 13.8 Å². The van der Waals surface area contributed by atoms with Gasteiger partial charge in [-0.25, -0.2) is 0 Å². The Morgan fingerprint density at radius 1 is 1.50 bits per heavy atom. The first kappa shape index (κ1) is 9.05. The lowest BCUT2D eigenvalue weighted by Gasteiger charge is -1.43. The van der Waals surface area contributed by atoms with E-state index in [9.17, 15) is 0 Å². The van der Waals surface area contributed by atoms with E-state index in [1.54, 1.807) is 0 Å². The maximum atomic E-state index is 6.21. The SMILES string of the molecule is C=CC=N.CC. The van der Waals surface area contributed by atoms with Crippen LogP contribution in [0.3, 0.4) is 0 Å². The largest absolute Gasteiger partial charge is 0.309 e. The molecular formula is C5H11N. The second-order valence-electron chi connectivity index (χ2n) is 0.402. The Morgan fingerprint density at radius 2 is 1.67 bits per heavy atom. The van der Waals surface area contributed by atoms with Gasteiger partial charge in [0, 0.05) is 6.21 Å². The van der Waals surface area contributed by atoms with Gasteiger partial charge in [-0.15, -0.1) is 0 Å². The van der Waals surface area contributed by atoms with Crippen molar-refractivity contribution >= 4 is 6.21 Å². The molecule has 0 bridgehead atoms. The molecule has 0 aromatic carbocycles. The van der Waals surface area contributed by atoms with Gasteiger partial charge in [-0.05, 0) is 0 Å². The van der Waals surface area contributed by atoms with Crippen LogP contribution in [0, 0.1) is 5.41 Å². The molecule has 1 nitrogen and oxygen atoms in total. The van der Waals surface area contributed by atoms with Crippen LogP contribution < -0.4 is 0 Å². The molecule has 0 aliphatic carbocycles. The molecule has 1 heteroatoms. The first-order valence-corrected chi connectivity index (χ1v) is 2.03. The van der Waals surface area contributed by atoms with E-state index in [0.29, 0.717) is 0 Å². The highest BCUT2D eigenvalue weighted by molar-refractivity contribution is 5.66. The molecule has 0 spiro atoms. The van der Waals surface area contributed by atoms with Gasteiger partial charge in [0.2, 0.25) is 0 Å². The normalized spacial score (nSPS) is 4.33. The topological polar surface area (TPSA) is 23.9 Å². The third kappa shape index (κ3) is 118. The molecule has 0 saturated heterocycles. The van der Waals surface area contributed by atoms with Crippen molar-refractivity contribution < 1.29 is 0 Å². The first-order valence-electron chi connectivity index (χ1n) is 2.03. The minimum Gasteiger partial charge on any atom is -0.309 e. The van der Waals surface area contributed by atoms with Crippen LogP contribution in [0.25, 0.3) is 0 Å². The molecule has 0 aliphatic rings. The van der Waals surface area contributed by atoms with Gasteiger partial charge >= 0.3 is 0 Å². The highest BCUT2D eigenvalue weighted by atomic mass is 14.3. The molecule has 0 fully saturated rings. The molecule has 1 N–H and O–H groups in total. The minimum atomic E-state index is 1.14. The number of hydrogen-bond acceptors (Lipinski definition) is 1. The van der Waals surface area contributed by atoms with Crippen molar-refractivity contribution in [2.45, 2.75) is 13.8 Å². The molecule has 36 valence electrons. The molecule has 0 aliphatic heterocycles. The summed E-state index contributed by atoms with van der Waals surface area (Å²) in [5.74, 6) is 0. The van der Waals surface area contributed by atoms with Crippen molar-refractivity contribution in [2.75, 3.05) is 0 Å². The van der Waals surface area contributed by atoms with Crippen molar-refractivity contribution in [3.63, 3.8) is 0 Å². The van der Waals surface area contributed by atoms with Gasteiger partial charge in [0.05, 0.1) is 0 Å². The van der Waals surface area contributed by atoms with E-state index >= 15 is 0 Å². The molecule has 0 unspecified atom stereocenters. The van der Waals surface area contributed by atoms with E-state index in [4.69, 9.17) is 5.41 Å². The molecule has 0 aromatic heterocycles. The Balaban J connectivity index is 0. The van der Waals surface area contributed by atoms with Gasteiger partial charge in [0.1, 0.15) is 0 Å². The Morgan fingerprint density at radius 3 is 1.67 bits per heavy atom. The zero-order valence-corrected chi connectivity index (χ0v) is 4.36.